The van der Waals surface area contributed by atoms with Crippen LogP contribution in [-0.4, -0.2) is 26.3 Å². The van der Waals surface area contributed by atoms with E-state index in [1.165, 1.54) is 5.40 Å². The molecule has 0 saturated carbocycles. The predicted molar refractivity (Wildman–Crippen MR) is 83.8 cm³/mol. The topological polar surface area (TPSA) is 49.6 Å². The largest absolute Gasteiger partial charge is 0.255 e. The van der Waals surface area contributed by atoms with Crippen molar-refractivity contribution >= 4 is 55.8 Å². The third-order valence-corrected chi connectivity index (χ3v) is 1.59. The quantitative estimate of drug-likeness (QED) is 0.385. The SMILES string of the molecule is N#C[S-].[Cl][Sn+]([Cl])[Cl].c1ccc(-c2ccccn2)nc1. The van der Waals surface area contributed by atoms with Gasteiger partial charge in [-0.3, -0.25) is 9.97 Å². The maximum Gasteiger partial charge on any atom is 0.0886 e. The molecule has 2 aromatic rings. The summed E-state index contributed by atoms with van der Waals surface area (Å²) in [4.78, 5) is 8.37. The van der Waals surface area contributed by atoms with Crippen molar-refractivity contribution in [3.63, 3.8) is 0 Å². The van der Waals surface area contributed by atoms with Crippen LogP contribution in [0, 0.1) is 10.7 Å². The first-order valence-electron chi connectivity index (χ1n) is 4.79. The fraction of sp³-hybridized carbons (Fsp3) is 0. The van der Waals surface area contributed by atoms with Crippen LogP contribution in [0.15, 0.2) is 48.8 Å². The molecule has 0 N–H and O–H groups in total. The second kappa shape index (κ2) is 12.7. The minimum absolute atomic E-state index is 0.915. The van der Waals surface area contributed by atoms with Crippen molar-refractivity contribution < 1.29 is 0 Å². The molecule has 0 fully saturated rings. The maximum atomic E-state index is 7.13. The normalized spacial score (nSPS) is 7.89. The van der Waals surface area contributed by atoms with Gasteiger partial charge in [0.15, 0.2) is 0 Å². The fourth-order valence-corrected chi connectivity index (χ4v) is 1.03. The number of hydrogen-bond acceptors (Lipinski definition) is 4. The number of hydrogen-bond donors (Lipinski definition) is 0. The number of pyridine rings is 2. The van der Waals surface area contributed by atoms with Gasteiger partial charge in [0.05, 0.1) is 11.4 Å². The van der Waals surface area contributed by atoms with Crippen LogP contribution < -0.4 is 0 Å². The molecule has 0 radical (unpaired) electrons. The molecule has 2 aromatic heterocycles. The van der Waals surface area contributed by atoms with Crippen LogP contribution >= 0.6 is 26.8 Å². The number of aromatic nitrogens is 2. The number of halogens is 3. The molecule has 0 atom stereocenters. The van der Waals surface area contributed by atoms with Crippen molar-refractivity contribution in [2.45, 2.75) is 0 Å². The summed E-state index contributed by atoms with van der Waals surface area (Å²) in [7, 11) is 15.0. The summed E-state index contributed by atoms with van der Waals surface area (Å²) in [5, 5.41) is 8.47. The molecule has 98 valence electrons. The number of nitrogens with zero attached hydrogens (tertiary/aromatic N) is 3. The van der Waals surface area contributed by atoms with E-state index in [2.05, 4.69) is 22.6 Å². The molecule has 0 amide bonds. The second-order valence-corrected chi connectivity index (χ2v) is 15.6. The van der Waals surface area contributed by atoms with Gasteiger partial charge in [-0.25, -0.2) is 5.26 Å². The van der Waals surface area contributed by atoms with Crippen molar-refractivity contribution in [1.82, 2.24) is 9.97 Å². The first-order chi connectivity index (χ1) is 9.11. The van der Waals surface area contributed by atoms with Gasteiger partial charge in [-0.1, -0.05) is 17.5 Å². The third-order valence-electron chi connectivity index (χ3n) is 1.59. The monoisotopic (exact) mass is 439 g/mol. The Morgan fingerprint density at radius 3 is 1.47 bits per heavy atom. The predicted octanol–water partition coefficient (Wildman–Crippen LogP) is 3.85. The average Bonchev–Trinajstić information content (AvgIpc) is 2.41. The smallest absolute Gasteiger partial charge is 0.0886 e. The number of nitriles is 1. The van der Waals surface area contributed by atoms with E-state index in [4.69, 9.17) is 32.0 Å². The Balaban J connectivity index is 0.000000393. The van der Waals surface area contributed by atoms with Crippen LogP contribution in [0.2, 0.25) is 0 Å². The van der Waals surface area contributed by atoms with E-state index in [1.807, 2.05) is 36.4 Å². The molecule has 0 aliphatic heterocycles. The second-order valence-electron chi connectivity index (χ2n) is 2.74. The molecule has 2 rings (SSSR count). The van der Waals surface area contributed by atoms with Crippen LogP contribution in [0.3, 0.4) is 0 Å². The summed E-state index contributed by atoms with van der Waals surface area (Å²) in [5.41, 5.74) is 1.83. The third kappa shape index (κ3) is 11.2. The zero-order valence-corrected chi connectivity index (χ0v) is 15.4. The molecule has 8 heteroatoms. The van der Waals surface area contributed by atoms with E-state index < -0.39 is 16.4 Å². The first kappa shape index (κ1) is 18.7. The molecule has 19 heavy (non-hydrogen) atoms. The van der Waals surface area contributed by atoms with Crippen molar-refractivity contribution in [3.8, 4) is 16.8 Å². The Labute approximate surface area is 135 Å². The van der Waals surface area contributed by atoms with Gasteiger partial charge in [-0.2, -0.15) is 0 Å². The van der Waals surface area contributed by atoms with Gasteiger partial charge in [0.25, 0.3) is 0 Å². The maximum absolute atomic E-state index is 7.13. The van der Waals surface area contributed by atoms with E-state index in [9.17, 15) is 0 Å². The Morgan fingerprint density at radius 1 is 0.947 bits per heavy atom. The number of rotatable bonds is 1. The average molecular weight is 439 g/mol. The summed E-state index contributed by atoms with van der Waals surface area (Å²) in [6.45, 7) is 0. The summed E-state index contributed by atoms with van der Waals surface area (Å²) in [5.74, 6) is 0. The Bertz CT molecular complexity index is 439. The molecule has 0 aliphatic carbocycles. The van der Waals surface area contributed by atoms with Crippen LogP contribution in [0.25, 0.3) is 11.4 Å². The molecule has 2 heterocycles. The van der Waals surface area contributed by atoms with Crippen LogP contribution in [-0.2, 0) is 12.6 Å². The van der Waals surface area contributed by atoms with Gasteiger partial charge in [0, 0.05) is 12.4 Å². The Kier molecular flexibility index (Phi) is 12.5. The van der Waals surface area contributed by atoms with Crippen LogP contribution in [0.1, 0.15) is 0 Å². The summed E-state index contributed by atoms with van der Waals surface area (Å²) in [6.07, 6.45) is 3.54. The molecule has 0 aromatic carbocycles. The minimum atomic E-state index is -2.13. The molecule has 0 aliphatic rings. The van der Waals surface area contributed by atoms with Crippen molar-refractivity contribution in [2.24, 2.45) is 0 Å². The molecule has 3 nitrogen and oxygen atoms in total. The fourth-order valence-electron chi connectivity index (χ4n) is 1.03. The molecule has 0 saturated heterocycles. The first-order valence-corrected chi connectivity index (χ1v) is 16.0. The van der Waals surface area contributed by atoms with E-state index in [0.717, 1.165) is 11.4 Å². The van der Waals surface area contributed by atoms with Crippen molar-refractivity contribution in [3.05, 3.63) is 48.8 Å². The van der Waals surface area contributed by atoms with Crippen molar-refractivity contribution in [2.75, 3.05) is 0 Å². The van der Waals surface area contributed by atoms with Gasteiger partial charge >= 0.3 is 43.1 Å². The number of thiocyanates is 1. The minimum Gasteiger partial charge on any atom is -0.255 e. The zero-order chi connectivity index (χ0) is 14.5. The van der Waals surface area contributed by atoms with E-state index >= 15 is 0 Å². The Morgan fingerprint density at radius 2 is 1.26 bits per heavy atom. The van der Waals surface area contributed by atoms with Crippen molar-refractivity contribution in [1.29, 1.82) is 5.26 Å². The Hall–Kier alpha value is -0.321. The summed E-state index contributed by atoms with van der Waals surface area (Å²) >= 11 is 1.57. The molecule has 0 spiro atoms. The van der Waals surface area contributed by atoms with Gasteiger partial charge < -0.3 is 12.6 Å². The molecule has 0 unspecified atom stereocenters. The standard InChI is InChI=1S/C10H8N2.CHNS.3ClH.Sn/c1-3-7-11-9(5-1)10-6-2-4-8-12-10;2-1-3;;;;/h1-8H;3H;3*1H;/q;;;;;+4/p-4. The zero-order valence-electron chi connectivity index (χ0n) is 9.50. The van der Waals surface area contributed by atoms with Gasteiger partial charge in [0.1, 0.15) is 0 Å². The summed E-state index contributed by atoms with van der Waals surface area (Å²) in [6, 6.07) is 11.6. The van der Waals surface area contributed by atoms with Crippen LogP contribution in [0.4, 0.5) is 0 Å². The molecular formula is C11H8Cl3N3SSn. The van der Waals surface area contributed by atoms with E-state index in [1.54, 1.807) is 12.4 Å². The van der Waals surface area contributed by atoms with Gasteiger partial charge in [0.2, 0.25) is 0 Å². The van der Waals surface area contributed by atoms with Gasteiger partial charge in [-0.05, 0) is 24.3 Å². The summed E-state index contributed by atoms with van der Waals surface area (Å²) < 4.78 is 0. The van der Waals surface area contributed by atoms with Crippen LogP contribution in [0.5, 0.6) is 0 Å². The van der Waals surface area contributed by atoms with E-state index in [0.29, 0.717) is 0 Å². The van der Waals surface area contributed by atoms with Gasteiger partial charge in [-0.15, -0.1) is 0 Å². The molecule has 0 bridgehead atoms. The molecular weight excluding hydrogens is 431 g/mol. The van der Waals surface area contributed by atoms with E-state index in [-0.39, 0.29) is 0 Å².